The van der Waals surface area contributed by atoms with Crippen LogP contribution >= 0.6 is 24.0 Å². The van der Waals surface area contributed by atoms with Gasteiger partial charge in [-0.1, -0.05) is 6.42 Å². The van der Waals surface area contributed by atoms with Crippen LogP contribution in [0.1, 0.15) is 52.9 Å². The lowest BCUT2D eigenvalue weighted by molar-refractivity contribution is -0.122. The third kappa shape index (κ3) is 8.11. The van der Waals surface area contributed by atoms with Crippen molar-refractivity contribution < 1.29 is 4.79 Å². The van der Waals surface area contributed by atoms with E-state index < -0.39 is 0 Å². The van der Waals surface area contributed by atoms with Crippen molar-refractivity contribution in [3.8, 4) is 0 Å². The van der Waals surface area contributed by atoms with Crippen molar-refractivity contribution >= 4 is 35.8 Å². The molecule has 6 nitrogen and oxygen atoms in total. The van der Waals surface area contributed by atoms with Crippen LogP contribution in [0, 0.1) is 5.92 Å². The Morgan fingerprint density at radius 2 is 1.88 bits per heavy atom. The van der Waals surface area contributed by atoms with Crippen LogP contribution in [-0.4, -0.2) is 61.6 Å². The quantitative estimate of drug-likeness (QED) is 0.222. The maximum atomic E-state index is 11.6. The third-order valence-electron chi connectivity index (χ3n) is 4.94. The molecule has 25 heavy (non-hydrogen) atoms. The smallest absolute Gasteiger partial charge is 0.223 e. The minimum absolute atomic E-state index is 0. The summed E-state index contributed by atoms with van der Waals surface area (Å²) in [5.41, 5.74) is 0. The zero-order valence-electron chi connectivity index (χ0n) is 16.0. The Balaban J connectivity index is 0.00000312. The van der Waals surface area contributed by atoms with E-state index in [1.165, 1.54) is 25.8 Å². The number of aliphatic imine (C=N–C) groups is 1. The number of likely N-dealkylation sites (tertiary alicyclic amines) is 1. The molecule has 0 spiro atoms. The van der Waals surface area contributed by atoms with E-state index >= 15 is 0 Å². The van der Waals surface area contributed by atoms with Crippen molar-refractivity contribution in [3.05, 3.63) is 0 Å². The van der Waals surface area contributed by atoms with Crippen LogP contribution in [0.15, 0.2) is 4.99 Å². The van der Waals surface area contributed by atoms with Gasteiger partial charge in [0.2, 0.25) is 5.91 Å². The van der Waals surface area contributed by atoms with Crippen LogP contribution < -0.4 is 16.0 Å². The summed E-state index contributed by atoms with van der Waals surface area (Å²) in [4.78, 5) is 18.9. The van der Waals surface area contributed by atoms with Gasteiger partial charge in [0.1, 0.15) is 0 Å². The monoisotopic (exact) mass is 465 g/mol. The predicted molar refractivity (Wildman–Crippen MR) is 115 cm³/mol. The number of carbonyl (C=O) groups excluding carboxylic acids is 1. The number of rotatable bonds is 8. The average molecular weight is 465 g/mol. The van der Waals surface area contributed by atoms with Crippen LogP contribution in [0.3, 0.4) is 0 Å². The second kappa shape index (κ2) is 11.9. The maximum absolute atomic E-state index is 11.6. The predicted octanol–water partition coefficient (Wildman–Crippen LogP) is 1.95. The summed E-state index contributed by atoms with van der Waals surface area (Å²) >= 11 is 0. The maximum Gasteiger partial charge on any atom is 0.223 e. The van der Waals surface area contributed by atoms with Crippen LogP contribution in [0.5, 0.6) is 0 Å². The summed E-state index contributed by atoms with van der Waals surface area (Å²) in [6, 6.07) is 1.13. The Hall–Kier alpha value is -0.570. The van der Waals surface area contributed by atoms with E-state index in [2.05, 4.69) is 41.6 Å². The molecule has 146 valence electrons. The van der Waals surface area contributed by atoms with Gasteiger partial charge in [0, 0.05) is 37.6 Å². The summed E-state index contributed by atoms with van der Waals surface area (Å²) in [7, 11) is 0. The molecular formula is C18H36IN5O. The molecule has 2 atom stereocenters. The molecule has 1 saturated carbocycles. The molecule has 7 heteroatoms. The Morgan fingerprint density at radius 3 is 2.52 bits per heavy atom. The molecule has 0 bridgehead atoms. The SMILES string of the molecule is CCNC(=NCC(C)N1CCCCC1C)NCCNC(=O)C1CC1.I. The topological polar surface area (TPSA) is 68.8 Å². The molecular weight excluding hydrogens is 429 g/mol. The van der Waals surface area contributed by atoms with Crippen molar-refractivity contribution in [1.29, 1.82) is 0 Å². The standard InChI is InChI=1S/C18H35N5O.HI/c1-4-19-18(21-11-10-20-17(24)16-8-9-16)22-13-15(3)23-12-6-5-7-14(23)2;/h14-16H,4-13H2,1-3H3,(H,20,24)(H2,19,21,22);1H. The minimum Gasteiger partial charge on any atom is -0.357 e. The molecule has 1 aliphatic carbocycles. The second-order valence-electron chi connectivity index (χ2n) is 7.14. The van der Waals surface area contributed by atoms with E-state index in [-0.39, 0.29) is 35.8 Å². The van der Waals surface area contributed by atoms with Gasteiger partial charge in [-0.15, -0.1) is 24.0 Å². The molecule has 0 radical (unpaired) electrons. The van der Waals surface area contributed by atoms with E-state index in [4.69, 9.17) is 4.99 Å². The molecule has 0 aromatic carbocycles. The molecule has 1 amide bonds. The van der Waals surface area contributed by atoms with E-state index in [0.717, 1.165) is 31.9 Å². The highest BCUT2D eigenvalue weighted by atomic mass is 127. The van der Waals surface area contributed by atoms with Crippen LogP contribution in [0.25, 0.3) is 0 Å². The first kappa shape index (κ1) is 22.5. The first-order valence-corrected chi connectivity index (χ1v) is 9.67. The van der Waals surface area contributed by atoms with Crippen molar-refractivity contribution in [3.63, 3.8) is 0 Å². The largest absolute Gasteiger partial charge is 0.357 e. The van der Waals surface area contributed by atoms with Gasteiger partial charge >= 0.3 is 0 Å². The first-order chi connectivity index (χ1) is 11.6. The highest BCUT2D eigenvalue weighted by molar-refractivity contribution is 14.0. The molecule has 2 unspecified atom stereocenters. The first-order valence-electron chi connectivity index (χ1n) is 9.67. The lowest BCUT2D eigenvalue weighted by atomic mass is 10.0. The Labute approximate surface area is 170 Å². The number of hydrogen-bond donors (Lipinski definition) is 3. The molecule has 0 aromatic rings. The van der Waals surface area contributed by atoms with Crippen LogP contribution in [-0.2, 0) is 4.79 Å². The van der Waals surface area contributed by atoms with E-state index in [1.807, 2.05) is 0 Å². The number of guanidine groups is 1. The number of nitrogens with one attached hydrogen (secondary N) is 3. The molecule has 1 saturated heterocycles. The molecule has 3 N–H and O–H groups in total. The fourth-order valence-corrected chi connectivity index (χ4v) is 3.30. The highest BCUT2D eigenvalue weighted by Gasteiger charge is 2.29. The lowest BCUT2D eigenvalue weighted by Crippen LogP contribution is -2.46. The van der Waals surface area contributed by atoms with Gasteiger partial charge in [-0.2, -0.15) is 0 Å². The minimum atomic E-state index is 0. The van der Waals surface area contributed by atoms with Crippen LogP contribution in [0.4, 0.5) is 0 Å². The van der Waals surface area contributed by atoms with Gasteiger partial charge in [-0.3, -0.25) is 14.7 Å². The molecule has 1 heterocycles. The number of piperidine rings is 1. The summed E-state index contributed by atoms with van der Waals surface area (Å²) < 4.78 is 0. The number of carbonyl (C=O) groups is 1. The van der Waals surface area contributed by atoms with Crippen molar-refractivity contribution in [2.24, 2.45) is 10.9 Å². The fraction of sp³-hybridized carbons (Fsp3) is 0.889. The van der Waals surface area contributed by atoms with Gasteiger partial charge < -0.3 is 16.0 Å². The summed E-state index contributed by atoms with van der Waals surface area (Å²) in [5.74, 6) is 1.32. The number of nitrogens with zero attached hydrogens (tertiary/aromatic N) is 2. The second-order valence-corrected chi connectivity index (χ2v) is 7.14. The molecule has 2 rings (SSSR count). The Kier molecular flexibility index (Phi) is 10.7. The average Bonchev–Trinajstić information content (AvgIpc) is 3.41. The third-order valence-corrected chi connectivity index (χ3v) is 4.94. The van der Waals surface area contributed by atoms with E-state index in [1.54, 1.807) is 0 Å². The van der Waals surface area contributed by atoms with Crippen molar-refractivity contribution in [1.82, 2.24) is 20.9 Å². The number of hydrogen-bond acceptors (Lipinski definition) is 3. The molecule has 2 fully saturated rings. The Bertz CT molecular complexity index is 428. The van der Waals surface area contributed by atoms with Crippen molar-refractivity contribution in [2.45, 2.75) is 65.0 Å². The van der Waals surface area contributed by atoms with Gasteiger partial charge in [0.15, 0.2) is 5.96 Å². The number of halogens is 1. The fourth-order valence-electron chi connectivity index (χ4n) is 3.30. The lowest BCUT2D eigenvalue weighted by Gasteiger charge is -2.37. The van der Waals surface area contributed by atoms with E-state index in [0.29, 0.717) is 25.2 Å². The van der Waals surface area contributed by atoms with Gasteiger partial charge in [0.25, 0.3) is 0 Å². The number of amides is 1. The van der Waals surface area contributed by atoms with Crippen LogP contribution in [0.2, 0.25) is 0 Å². The van der Waals surface area contributed by atoms with Gasteiger partial charge in [-0.05, 0) is 53.0 Å². The van der Waals surface area contributed by atoms with Crippen molar-refractivity contribution in [2.75, 3.05) is 32.7 Å². The van der Waals surface area contributed by atoms with Gasteiger partial charge in [0.05, 0.1) is 6.54 Å². The molecule has 1 aliphatic heterocycles. The summed E-state index contributed by atoms with van der Waals surface area (Å²) in [6.07, 6.45) is 6.06. The van der Waals surface area contributed by atoms with Gasteiger partial charge in [-0.25, -0.2) is 0 Å². The van der Waals surface area contributed by atoms with E-state index in [9.17, 15) is 4.79 Å². The zero-order valence-corrected chi connectivity index (χ0v) is 18.3. The molecule has 0 aromatic heterocycles. The summed E-state index contributed by atoms with van der Waals surface area (Å²) in [6.45, 7) is 10.9. The Morgan fingerprint density at radius 1 is 1.16 bits per heavy atom. The zero-order chi connectivity index (χ0) is 17.4. The summed E-state index contributed by atoms with van der Waals surface area (Å²) in [5, 5.41) is 9.57. The normalized spacial score (nSPS) is 22.7. The highest BCUT2D eigenvalue weighted by Crippen LogP contribution is 2.28. The molecule has 2 aliphatic rings.